The third kappa shape index (κ3) is 3.69. The predicted octanol–water partition coefficient (Wildman–Crippen LogP) is 1.66. The molecule has 4 rings (SSSR count). The molecular weight excluding hydrogens is 396 g/mol. The summed E-state index contributed by atoms with van der Waals surface area (Å²) in [5.41, 5.74) is 6.30. The molecule has 2 fully saturated rings. The number of rotatable bonds is 6. The average molecular weight is 422 g/mol. The molecule has 2 aliphatic heterocycles. The lowest BCUT2D eigenvalue weighted by Gasteiger charge is -2.28. The number of nitrogens with zero attached hydrogens (tertiary/aromatic N) is 3. The number of fused-ring (bicyclic) bond motifs is 2. The zero-order chi connectivity index (χ0) is 21.5. The van der Waals surface area contributed by atoms with Crippen molar-refractivity contribution in [3.8, 4) is 0 Å². The summed E-state index contributed by atoms with van der Waals surface area (Å²) in [5, 5.41) is 4.28. The van der Waals surface area contributed by atoms with Crippen LogP contribution in [0.5, 0.6) is 0 Å². The Morgan fingerprint density at radius 3 is 2.87 bits per heavy atom. The van der Waals surface area contributed by atoms with E-state index in [2.05, 4.69) is 10.1 Å². The Labute approximate surface area is 173 Å². The second-order valence-electron chi connectivity index (χ2n) is 7.98. The molecule has 5 atom stereocenters. The summed E-state index contributed by atoms with van der Waals surface area (Å²) in [5.74, 6) is 0.555. The number of nitrogen functional groups attached to an aromatic ring is 1. The third-order valence-corrected chi connectivity index (χ3v) is 5.13. The highest BCUT2D eigenvalue weighted by Crippen LogP contribution is 2.47. The quantitative estimate of drug-likeness (QED) is 0.686. The number of aromatic nitrogens is 3. The number of ether oxygens (including phenoxy) is 6. The van der Waals surface area contributed by atoms with Crippen LogP contribution >= 0.6 is 0 Å². The van der Waals surface area contributed by atoms with Crippen molar-refractivity contribution in [2.24, 2.45) is 5.92 Å². The average Bonchev–Trinajstić information content (AvgIpc) is 3.40. The normalized spacial score (nSPS) is 30.7. The first-order valence-electron chi connectivity index (χ1n) is 9.71. The van der Waals surface area contributed by atoms with Crippen LogP contribution < -0.4 is 5.73 Å². The molecule has 2 N–H and O–H groups in total. The van der Waals surface area contributed by atoms with Crippen LogP contribution in [0.4, 0.5) is 10.6 Å². The number of carbonyl (C=O) groups is 1. The minimum Gasteiger partial charge on any atom is -0.434 e. The van der Waals surface area contributed by atoms with E-state index in [4.69, 9.17) is 34.2 Å². The van der Waals surface area contributed by atoms with Gasteiger partial charge in [0.25, 0.3) is 6.48 Å². The zero-order valence-corrected chi connectivity index (χ0v) is 17.3. The number of hydrogen-bond acceptors (Lipinski definition) is 10. The second-order valence-corrected chi connectivity index (χ2v) is 7.98. The van der Waals surface area contributed by atoms with Gasteiger partial charge in [-0.15, -0.1) is 0 Å². The van der Waals surface area contributed by atoms with E-state index in [0.717, 1.165) is 0 Å². The first kappa shape index (κ1) is 20.8. The van der Waals surface area contributed by atoms with E-state index in [-0.39, 0.29) is 19.1 Å². The van der Waals surface area contributed by atoms with E-state index >= 15 is 0 Å². The van der Waals surface area contributed by atoms with E-state index < -0.39 is 36.5 Å². The van der Waals surface area contributed by atoms with Gasteiger partial charge < -0.3 is 34.2 Å². The van der Waals surface area contributed by atoms with Gasteiger partial charge in [-0.2, -0.15) is 5.10 Å². The van der Waals surface area contributed by atoms with Crippen molar-refractivity contribution >= 4 is 17.5 Å². The smallest absolute Gasteiger partial charge is 0.434 e. The maximum atomic E-state index is 11.9. The Kier molecular flexibility index (Phi) is 5.53. The number of anilines is 1. The van der Waals surface area contributed by atoms with Crippen molar-refractivity contribution < 1.29 is 33.2 Å². The van der Waals surface area contributed by atoms with Crippen LogP contribution in [-0.2, 0) is 28.4 Å². The summed E-state index contributed by atoms with van der Waals surface area (Å²) in [7, 11) is 1.49. The molecule has 30 heavy (non-hydrogen) atoms. The van der Waals surface area contributed by atoms with Gasteiger partial charge >= 0.3 is 6.16 Å². The van der Waals surface area contributed by atoms with Gasteiger partial charge in [-0.25, -0.2) is 14.3 Å². The molecule has 0 amide bonds. The van der Waals surface area contributed by atoms with Crippen molar-refractivity contribution in [3.63, 3.8) is 0 Å². The van der Waals surface area contributed by atoms with Crippen LogP contribution in [0.15, 0.2) is 18.5 Å². The minimum absolute atomic E-state index is 0.0815. The molecule has 4 heterocycles. The number of carbonyl (C=O) groups excluding carboxylic acids is 1. The van der Waals surface area contributed by atoms with Crippen molar-refractivity contribution in [2.45, 2.75) is 51.2 Å². The summed E-state index contributed by atoms with van der Waals surface area (Å²) in [6, 6.07) is 3.65. The van der Waals surface area contributed by atoms with Gasteiger partial charge in [-0.3, -0.25) is 0 Å². The molecule has 0 radical (unpaired) electrons. The van der Waals surface area contributed by atoms with Gasteiger partial charge in [0.15, 0.2) is 5.82 Å². The van der Waals surface area contributed by atoms with Gasteiger partial charge in [0, 0.05) is 7.11 Å². The maximum Gasteiger partial charge on any atom is 0.508 e. The molecule has 164 valence electrons. The van der Waals surface area contributed by atoms with Crippen molar-refractivity contribution in [2.75, 3.05) is 26.1 Å². The highest BCUT2D eigenvalue weighted by Gasteiger charge is 2.60. The Hall–Kier alpha value is -2.47. The first-order chi connectivity index (χ1) is 14.3. The molecule has 0 saturated carbocycles. The fourth-order valence-corrected chi connectivity index (χ4v) is 3.70. The van der Waals surface area contributed by atoms with Crippen LogP contribution in [0.3, 0.4) is 0 Å². The molecule has 2 aromatic rings. The first-order valence-corrected chi connectivity index (χ1v) is 9.71. The number of hydrogen-bond donors (Lipinski definition) is 1. The molecule has 0 unspecified atom stereocenters. The van der Waals surface area contributed by atoms with E-state index in [1.54, 1.807) is 11.4 Å². The van der Waals surface area contributed by atoms with Crippen LogP contribution in [0.25, 0.3) is 5.52 Å². The van der Waals surface area contributed by atoms with Crippen LogP contribution in [-0.4, -0.2) is 65.4 Å². The summed E-state index contributed by atoms with van der Waals surface area (Å²) < 4.78 is 35.4. The lowest BCUT2D eigenvalue weighted by Crippen LogP contribution is -2.44. The third-order valence-electron chi connectivity index (χ3n) is 5.13. The van der Waals surface area contributed by atoms with Gasteiger partial charge in [-0.1, -0.05) is 13.8 Å². The molecular formula is C19H26N4O7. The molecule has 2 saturated heterocycles. The monoisotopic (exact) mass is 422 g/mol. The topological polar surface area (TPSA) is 129 Å². The Morgan fingerprint density at radius 2 is 2.13 bits per heavy atom. The molecule has 11 heteroatoms. The Bertz CT molecular complexity index is 919. The minimum atomic E-state index is -0.998. The lowest BCUT2D eigenvalue weighted by molar-refractivity contribution is -0.264. The summed E-state index contributed by atoms with van der Waals surface area (Å²) in [6.07, 6.45) is -1.01. The van der Waals surface area contributed by atoms with Gasteiger partial charge in [0.1, 0.15) is 42.4 Å². The standard InChI is InChI=1S/C19H26N4O7/c1-10(2)7-26-17(24)27-8-19(3)15-14(28-18(25-4)29-15)13(30-19)11-5-6-12-16(20)21-9-22-23(11)12/h5-6,9-10,13-15,18H,7-8H2,1-4H3,(H2,20,21,22)/t13-,14-,15-,18+,19+/m0/s1. The molecule has 0 aromatic carbocycles. The van der Waals surface area contributed by atoms with E-state index in [1.807, 2.05) is 26.0 Å². The highest BCUT2D eigenvalue weighted by molar-refractivity contribution is 5.65. The fraction of sp³-hybridized carbons (Fsp3) is 0.632. The van der Waals surface area contributed by atoms with E-state index in [1.165, 1.54) is 13.4 Å². The fourth-order valence-electron chi connectivity index (χ4n) is 3.70. The van der Waals surface area contributed by atoms with Gasteiger partial charge in [0.2, 0.25) is 0 Å². The molecule has 11 nitrogen and oxygen atoms in total. The molecule has 0 aliphatic carbocycles. The van der Waals surface area contributed by atoms with E-state index in [0.29, 0.717) is 17.0 Å². The lowest BCUT2D eigenvalue weighted by atomic mass is 9.97. The second kappa shape index (κ2) is 7.99. The highest BCUT2D eigenvalue weighted by atomic mass is 16.9. The van der Waals surface area contributed by atoms with Crippen LogP contribution in [0.2, 0.25) is 0 Å². The van der Waals surface area contributed by atoms with Gasteiger partial charge in [-0.05, 0) is 25.0 Å². The molecule has 2 aliphatic rings. The summed E-state index contributed by atoms with van der Waals surface area (Å²) in [6.45, 7) is 5.01. The SMILES string of the molecule is CO[C@@H]1O[C@H]2[C@H](c3ccc4c(N)ncnn34)O[C@](C)(COC(=O)OCC(C)C)[C@H]2O1. The predicted molar refractivity (Wildman–Crippen MR) is 102 cm³/mol. The molecule has 0 bridgehead atoms. The number of methoxy groups -OCH3 is 1. The summed E-state index contributed by atoms with van der Waals surface area (Å²) >= 11 is 0. The van der Waals surface area contributed by atoms with Crippen molar-refractivity contribution in [1.29, 1.82) is 0 Å². The maximum absolute atomic E-state index is 11.9. The van der Waals surface area contributed by atoms with Crippen molar-refractivity contribution in [1.82, 2.24) is 14.6 Å². The Balaban J connectivity index is 1.57. The largest absolute Gasteiger partial charge is 0.508 e. The number of nitrogens with two attached hydrogens (primary N) is 1. The molecule has 2 aromatic heterocycles. The van der Waals surface area contributed by atoms with Crippen LogP contribution in [0.1, 0.15) is 32.6 Å². The van der Waals surface area contributed by atoms with Gasteiger partial charge in [0.05, 0.1) is 12.3 Å². The summed E-state index contributed by atoms with van der Waals surface area (Å²) in [4.78, 5) is 16.0. The van der Waals surface area contributed by atoms with Crippen molar-refractivity contribution in [3.05, 3.63) is 24.2 Å². The Morgan fingerprint density at radius 1 is 1.33 bits per heavy atom. The zero-order valence-electron chi connectivity index (χ0n) is 17.3. The van der Waals surface area contributed by atoms with Crippen LogP contribution in [0, 0.1) is 5.92 Å². The van der Waals surface area contributed by atoms with E-state index in [9.17, 15) is 4.79 Å². The molecule has 0 spiro atoms.